The summed E-state index contributed by atoms with van der Waals surface area (Å²) in [5.74, 6) is -0.361. The van der Waals surface area contributed by atoms with Crippen LogP contribution in [0, 0.1) is 17.2 Å². The largest absolute Gasteiger partial charge is 0.386 e. The number of halogens is 1. The molecule has 0 saturated carbocycles. The summed E-state index contributed by atoms with van der Waals surface area (Å²) < 4.78 is 0.877. The molecule has 12 heavy (non-hydrogen) atoms. The predicted octanol–water partition coefficient (Wildman–Crippen LogP) is 2.70. The fraction of sp³-hybridized carbons (Fsp3) is 0.375. The van der Waals surface area contributed by atoms with Crippen LogP contribution in [0.25, 0.3) is 0 Å². The van der Waals surface area contributed by atoms with Crippen LogP contribution in [-0.4, -0.2) is 5.11 Å². The Morgan fingerprint density at radius 1 is 1.75 bits per heavy atom. The van der Waals surface area contributed by atoms with Gasteiger partial charge in [-0.15, -0.1) is 11.3 Å². The summed E-state index contributed by atoms with van der Waals surface area (Å²) in [6.45, 7) is 1.71. The van der Waals surface area contributed by atoms with Gasteiger partial charge in [0.25, 0.3) is 0 Å². The first-order valence-electron chi connectivity index (χ1n) is 3.47. The Morgan fingerprint density at radius 2 is 2.42 bits per heavy atom. The smallest absolute Gasteiger partial charge is 0.105 e. The lowest BCUT2D eigenvalue weighted by Gasteiger charge is -2.10. The molecule has 0 amide bonds. The Balaban J connectivity index is 2.86. The lowest BCUT2D eigenvalue weighted by Crippen LogP contribution is -2.05. The van der Waals surface area contributed by atoms with E-state index in [2.05, 4.69) is 15.9 Å². The number of hydrogen-bond acceptors (Lipinski definition) is 3. The van der Waals surface area contributed by atoms with Crippen molar-refractivity contribution >= 4 is 27.3 Å². The van der Waals surface area contributed by atoms with Gasteiger partial charge >= 0.3 is 0 Å². The van der Waals surface area contributed by atoms with Crippen molar-refractivity contribution in [1.29, 1.82) is 5.26 Å². The molecule has 0 aliphatic heterocycles. The van der Waals surface area contributed by atoms with Crippen LogP contribution in [0.1, 0.15) is 17.9 Å². The average Bonchev–Trinajstić information content (AvgIpc) is 2.48. The maximum absolute atomic E-state index is 9.62. The van der Waals surface area contributed by atoms with E-state index in [4.69, 9.17) is 5.26 Å². The third kappa shape index (κ3) is 1.86. The fourth-order valence-corrected chi connectivity index (χ4v) is 2.51. The van der Waals surface area contributed by atoms with Gasteiger partial charge in [0.1, 0.15) is 6.10 Å². The summed E-state index contributed by atoms with van der Waals surface area (Å²) in [6.07, 6.45) is -0.677. The van der Waals surface area contributed by atoms with E-state index >= 15 is 0 Å². The zero-order valence-electron chi connectivity index (χ0n) is 6.49. The predicted molar refractivity (Wildman–Crippen MR) is 51.8 cm³/mol. The normalized spacial score (nSPS) is 15.2. The van der Waals surface area contributed by atoms with E-state index in [-0.39, 0.29) is 5.92 Å². The molecule has 2 atom stereocenters. The standard InChI is InChI=1S/C8H8BrNOS/c1-5(4-10)7(11)8-6(9)2-3-12-8/h2-3,5,7,11H,1H3. The molecular formula is C8H8BrNOS. The molecule has 0 spiro atoms. The van der Waals surface area contributed by atoms with E-state index in [1.54, 1.807) is 6.92 Å². The zero-order valence-corrected chi connectivity index (χ0v) is 8.89. The average molecular weight is 246 g/mol. The van der Waals surface area contributed by atoms with Crippen LogP contribution in [0.15, 0.2) is 15.9 Å². The molecule has 1 rings (SSSR count). The minimum absolute atomic E-state index is 0.361. The molecular weight excluding hydrogens is 238 g/mol. The molecule has 1 aromatic heterocycles. The Bertz CT molecular complexity index is 304. The van der Waals surface area contributed by atoms with Crippen molar-refractivity contribution < 1.29 is 5.11 Å². The molecule has 0 fully saturated rings. The molecule has 1 heterocycles. The highest BCUT2D eigenvalue weighted by Gasteiger charge is 2.19. The third-order valence-corrected chi connectivity index (χ3v) is 3.53. The highest BCUT2D eigenvalue weighted by Crippen LogP contribution is 2.32. The van der Waals surface area contributed by atoms with Gasteiger partial charge in [-0.05, 0) is 34.3 Å². The highest BCUT2D eigenvalue weighted by atomic mass is 79.9. The Labute approximate surface area is 83.6 Å². The minimum Gasteiger partial charge on any atom is -0.386 e. The first-order chi connectivity index (χ1) is 5.66. The van der Waals surface area contributed by atoms with E-state index < -0.39 is 6.10 Å². The summed E-state index contributed by atoms with van der Waals surface area (Å²) in [7, 11) is 0. The highest BCUT2D eigenvalue weighted by molar-refractivity contribution is 9.10. The van der Waals surface area contributed by atoms with Gasteiger partial charge < -0.3 is 5.11 Å². The Morgan fingerprint density at radius 3 is 2.83 bits per heavy atom. The van der Waals surface area contributed by atoms with E-state index in [0.29, 0.717) is 0 Å². The van der Waals surface area contributed by atoms with E-state index in [9.17, 15) is 5.11 Å². The van der Waals surface area contributed by atoms with Crippen LogP contribution >= 0.6 is 27.3 Å². The SMILES string of the molecule is CC(C#N)C(O)c1sccc1Br. The van der Waals surface area contributed by atoms with Crippen LogP contribution in [0.5, 0.6) is 0 Å². The molecule has 0 bridgehead atoms. The second-order valence-electron chi connectivity index (χ2n) is 2.50. The van der Waals surface area contributed by atoms with Crippen LogP contribution in [0.4, 0.5) is 0 Å². The van der Waals surface area contributed by atoms with Crippen molar-refractivity contribution in [2.24, 2.45) is 5.92 Å². The number of thiophene rings is 1. The third-order valence-electron chi connectivity index (χ3n) is 1.59. The fourth-order valence-electron chi connectivity index (χ4n) is 0.814. The number of nitrogens with zero attached hydrogens (tertiary/aromatic N) is 1. The number of rotatable bonds is 2. The molecule has 64 valence electrons. The molecule has 2 nitrogen and oxygen atoms in total. The quantitative estimate of drug-likeness (QED) is 0.871. The molecule has 0 aliphatic carbocycles. The molecule has 0 saturated heterocycles. The molecule has 0 radical (unpaired) electrons. The lowest BCUT2D eigenvalue weighted by molar-refractivity contribution is 0.146. The minimum atomic E-state index is -0.677. The van der Waals surface area contributed by atoms with Crippen LogP contribution in [-0.2, 0) is 0 Å². The van der Waals surface area contributed by atoms with Crippen molar-refractivity contribution in [3.05, 3.63) is 20.8 Å². The lowest BCUT2D eigenvalue weighted by atomic mass is 10.1. The molecule has 1 N–H and O–H groups in total. The molecule has 0 aromatic carbocycles. The second-order valence-corrected chi connectivity index (χ2v) is 4.30. The molecule has 2 unspecified atom stereocenters. The summed E-state index contributed by atoms with van der Waals surface area (Å²) in [4.78, 5) is 0.823. The zero-order chi connectivity index (χ0) is 9.14. The van der Waals surface area contributed by atoms with Crippen molar-refractivity contribution in [3.8, 4) is 6.07 Å². The first-order valence-corrected chi connectivity index (χ1v) is 5.14. The van der Waals surface area contributed by atoms with E-state index in [1.807, 2.05) is 17.5 Å². The Hall–Kier alpha value is -0.370. The maximum Gasteiger partial charge on any atom is 0.105 e. The van der Waals surface area contributed by atoms with Gasteiger partial charge in [-0.1, -0.05) is 0 Å². The van der Waals surface area contributed by atoms with E-state index in [1.165, 1.54) is 11.3 Å². The summed E-state index contributed by atoms with van der Waals surface area (Å²) in [6, 6.07) is 3.88. The van der Waals surface area contributed by atoms with Crippen molar-refractivity contribution in [1.82, 2.24) is 0 Å². The first kappa shape index (κ1) is 9.72. The summed E-state index contributed by atoms with van der Waals surface area (Å²) in [5.41, 5.74) is 0. The van der Waals surface area contributed by atoms with Gasteiger partial charge in [-0.2, -0.15) is 5.26 Å². The van der Waals surface area contributed by atoms with Gasteiger partial charge in [-0.25, -0.2) is 0 Å². The van der Waals surface area contributed by atoms with Gasteiger partial charge in [0.05, 0.1) is 12.0 Å². The Kier molecular flexibility index (Phi) is 3.27. The van der Waals surface area contributed by atoms with Gasteiger partial charge in [-0.3, -0.25) is 0 Å². The molecule has 0 aliphatic rings. The summed E-state index contributed by atoms with van der Waals surface area (Å²) >= 11 is 4.76. The molecule has 1 aromatic rings. The number of hydrogen-bond donors (Lipinski definition) is 1. The molecule has 4 heteroatoms. The van der Waals surface area contributed by atoms with Crippen LogP contribution in [0.3, 0.4) is 0 Å². The monoisotopic (exact) mass is 245 g/mol. The van der Waals surface area contributed by atoms with Gasteiger partial charge in [0, 0.05) is 9.35 Å². The second kappa shape index (κ2) is 4.04. The maximum atomic E-state index is 9.62. The topological polar surface area (TPSA) is 44.0 Å². The van der Waals surface area contributed by atoms with Crippen LogP contribution < -0.4 is 0 Å². The van der Waals surface area contributed by atoms with Crippen LogP contribution in [0.2, 0.25) is 0 Å². The van der Waals surface area contributed by atoms with Gasteiger partial charge in [0.2, 0.25) is 0 Å². The van der Waals surface area contributed by atoms with Crippen molar-refractivity contribution in [3.63, 3.8) is 0 Å². The van der Waals surface area contributed by atoms with Crippen molar-refractivity contribution in [2.45, 2.75) is 13.0 Å². The van der Waals surface area contributed by atoms with E-state index in [0.717, 1.165) is 9.35 Å². The summed E-state index contributed by atoms with van der Waals surface area (Å²) in [5, 5.41) is 20.1. The number of aliphatic hydroxyl groups is 1. The number of nitriles is 1. The van der Waals surface area contributed by atoms with Crippen molar-refractivity contribution in [2.75, 3.05) is 0 Å². The van der Waals surface area contributed by atoms with Gasteiger partial charge in [0.15, 0.2) is 0 Å². The number of aliphatic hydroxyl groups excluding tert-OH is 1.